The van der Waals surface area contributed by atoms with Gasteiger partial charge in [0.1, 0.15) is 6.10 Å². The minimum atomic E-state index is -0.986. The zero-order valence-corrected chi connectivity index (χ0v) is 16.5. The van der Waals surface area contributed by atoms with Crippen LogP contribution in [-0.4, -0.2) is 28.5 Å². The highest BCUT2D eigenvalue weighted by Gasteiger charge is 2.27. The van der Waals surface area contributed by atoms with Crippen LogP contribution in [0.1, 0.15) is 71.1 Å². The van der Waals surface area contributed by atoms with Crippen molar-refractivity contribution in [3.05, 3.63) is 58.7 Å². The van der Waals surface area contributed by atoms with Crippen LogP contribution in [0.2, 0.25) is 0 Å². The average molecular weight is 377 g/mol. The molecule has 27 heavy (non-hydrogen) atoms. The Hall–Kier alpha value is -2.01. The molecule has 1 radical (unpaired) electrons. The molecule has 0 saturated heterocycles. The number of hydrogen-bond donors (Lipinski definition) is 1. The van der Waals surface area contributed by atoms with E-state index in [2.05, 4.69) is 25.2 Å². The molecule has 0 rings (SSSR count). The summed E-state index contributed by atoms with van der Waals surface area (Å²) in [6.07, 6.45) is 23.9. The molecule has 0 amide bonds. The number of aliphatic hydroxyl groups is 1. The van der Waals surface area contributed by atoms with Crippen LogP contribution >= 0.6 is 0 Å². The van der Waals surface area contributed by atoms with Crippen LogP contribution in [0.25, 0.3) is 0 Å². The summed E-state index contributed by atoms with van der Waals surface area (Å²) in [4.78, 5) is 20.9. The normalized spacial score (nSPS) is 14.6. The predicted molar refractivity (Wildman–Crippen MR) is 111 cm³/mol. The summed E-state index contributed by atoms with van der Waals surface area (Å²) in [5.74, 6) is 0. The van der Waals surface area contributed by atoms with Crippen LogP contribution in [0.3, 0.4) is 0 Å². The molecule has 0 heterocycles. The Morgan fingerprint density at radius 2 is 1.56 bits per heavy atom. The van der Waals surface area contributed by atoms with Crippen LogP contribution in [0, 0.1) is 10.1 Å². The fraction of sp³-hybridized carbons (Fsp3) is 0.591. The van der Waals surface area contributed by atoms with Crippen molar-refractivity contribution >= 4 is 6.29 Å². The number of unbranched alkanes of at least 4 members (excludes halogenated alkanes) is 4. The van der Waals surface area contributed by atoms with Crippen molar-refractivity contribution in [3.8, 4) is 0 Å². The van der Waals surface area contributed by atoms with E-state index in [1.807, 2.05) is 30.6 Å². The average Bonchev–Trinajstić information content (AvgIpc) is 2.65. The molecule has 0 saturated carbocycles. The van der Waals surface area contributed by atoms with E-state index in [-0.39, 0.29) is 12.8 Å². The molecule has 2 atom stereocenters. The van der Waals surface area contributed by atoms with Crippen molar-refractivity contribution in [1.29, 1.82) is 0 Å². The first-order valence-electron chi connectivity index (χ1n) is 9.90. The minimum absolute atomic E-state index is 0.230. The summed E-state index contributed by atoms with van der Waals surface area (Å²) in [7, 11) is 0. The SMILES string of the molecule is CC/C=C\C/C=C\C/C=C\CC(C(O)C/C=C\CCCCC[C]=O)[N+](=O)[O-]. The highest BCUT2D eigenvalue weighted by atomic mass is 16.6. The molecule has 0 aromatic rings. The fourth-order valence-corrected chi connectivity index (χ4v) is 2.47. The molecule has 1 N–H and O–H groups in total. The minimum Gasteiger partial charge on any atom is -0.386 e. The molecule has 5 nitrogen and oxygen atoms in total. The van der Waals surface area contributed by atoms with Crippen molar-refractivity contribution in [1.82, 2.24) is 0 Å². The Morgan fingerprint density at radius 3 is 2.19 bits per heavy atom. The first-order chi connectivity index (χ1) is 13.1. The molecular weight excluding hydrogens is 342 g/mol. The lowest BCUT2D eigenvalue weighted by atomic mass is 10.0. The Morgan fingerprint density at radius 1 is 0.926 bits per heavy atom. The Labute approximate surface area is 163 Å². The third kappa shape index (κ3) is 15.9. The van der Waals surface area contributed by atoms with Gasteiger partial charge in [0.15, 0.2) is 6.29 Å². The summed E-state index contributed by atoms with van der Waals surface area (Å²) >= 11 is 0. The molecule has 0 aromatic heterocycles. The van der Waals surface area contributed by atoms with Gasteiger partial charge in [-0.15, -0.1) is 0 Å². The van der Waals surface area contributed by atoms with Gasteiger partial charge in [-0.25, -0.2) is 0 Å². The quantitative estimate of drug-likeness (QED) is 0.163. The van der Waals surface area contributed by atoms with Crippen molar-refractivity contribution in [2.45, 2.75) is 83.3 Å². The van der Waals surface area contributed by atoms with Gasteiger partial charge in [-0.3, -0.25) is 14.9 Å². The molecule has 151 valence electrons. The van der Waals surface area contributed by atoms with Crippen LogP contribution in [0.4, 0.5) is 0 Å². The summed E-state index contributed by atoms with van der Waals surface area (Å²) in [6.45, 7) is 2.09. The van der Waals surface area contributed by atoms with E-state index >= 15 is 0 Å². The second kappa shape index (κ2) is 18.8. The maximum atomic E-state index is 11.2. The second-order valence-electron chi connectivity index (χ2n) is 6.40. The van der Waals surface area contributed by atoms with E-state index in [9.17, 15) is 20.0 Å². The van der Waals surface area contributed by atoms with E-state index < -0.39 is 17.1 Å². The molecule has 0 aliphatic heterocycles. The van der Waals surface area contributed by atoms with Gasteiger partial charge >= 0.3 is 0 Å². The highest BCUT2D eigenvalue weighted by Crippen LogP contribution is 2.11. The van der Waals surface area contributed by atoms with E-state index in [0.717, 1.165) is 44.9 Å². The Balaban J connectivity index is 4.08. The van der Waals surface area contributed by atoms with Gasteiger partial charge in [0.25, 0.3) is 0 Å². The zero-order valence-electron chi connectivity index (χ0n) is 16.5. The van der Waals surface area contributed by atoms with Gasteiger partial charge in [-0.05, 0) is 44.9 Å². The molecule has 0 spiro atoms. The van der Waals surface area contributed by atoms with Crippen molar-refractivity contribution in [2.24, 2.45) is 0 Å². The first kappa shape index (κ1) is 25.0. The molecule has 0 aliphatic rings. The van der Waals surface area contributed by atoms with Gasteiger partial charge < -0.3 is 5.11 Å². The predicted octanol–water partition coefficient (Wildman–Crippen LogP) is 5.25. The zero-order chi connectivity index (χ0) is 20.2. The van der Waals surface area contributed by atoms with Gasteiger partial charge in [0, 0.05) is 17.8 Å². The van der Waals surface area contributed by atoms with Gasteiger partial charge in [-0.2, -0.15) is 0 Å². The van der Waals surface area contributed by atoms with Crippen LogP contribution in [0.5, 0.6) is 0 Å². The second-order valence-corrected chi connectivity index (χ2v) is 6.40. The van der Waals surface area contributed by atoms with Crippen LogP contribution in [0.15, 0.2) is 48.6 Å². The van der Waals surface area contributed by atoms with Gasteiger partial charge in [-0.1, -0.05) is 62.0 Å². The summed E-state index contributed by atoms with van der Waals surface area (Å²) in [5.41, 5.74) is 0. The molecule has 5 heteroatoms. The fourth-order valence-electron chi connectivity index (χ4n) is 2.47. The van der Waals surface area contributed by atoms with Crippen LogP contribution in [-0.2, 0) is 4.79 Å². The number of hydrogen-bond acceptors (Lipinski definition) is 4. The number of nitro groups is 1. The lowest BCUT2D eigenvalue weighted by Crippen LogP contribution is -2.32. The monoisotopic (exact) mass is 376 g/mol. The molecule has 0 aliphatic carbocycles. The smallest absolute Gasteiger partial charge is 0.242 e. The first-order valence-corrected chi connectivity index (χ1v) is 9.90. The maximum absolute atomic E-state index is 11.2. The molecule has 0 aromatic carbocycles. The summed E-state index contributed by atoms with van der Waals surface area (Å²) in [6, 6.07) is -0.981. The molecule has 0 bridgehead atoms. The Bertz CT molecular complexity index is 495. The van der Waals surface area contributed by atoms with Gasteiger partial charge in [0.2, 0.25) is 6.04 Å². The lowest BCUT2D eigenvalue weighted by molar-refractivity contribution is -0.533. The standard InChI is InChI=1S/C22H34NO4/c1-2-3-4-5-6-7-9-12-15-18-21(23(26)27)22(25)19-16-13-10-8-11-14-17-20-24/h3-4,6-7,12-13,15-16,21-22,25H,2,5,8-11,14,17-19H2,1H3/b4-3-,7-6-,15-12-,16-13-. The highest BCUT2D eigenvalue weighted by molar-refractivity contribution is 5.50. The molecule has 2 unspecified atom stereocenters. The number of carbonyl (C=O) groups excluding carboxylic acids is 1. The third-order valence-corrected chi connectivity index (χ3v) is 4.07. The number of aliphatic hydroxyl groups excluding tert-OH is 1. The lowest BCUT2D eigenvalue weighted by Gasteiger charge is -2.12. The van der Waals surface area contributed by atoms with Crippen molar-refractivity contribution < 1.29 is 14.8 Å². The third-order valence-electron chi connectivity index (χ3n) is 4.07. The van der Waals surface area contributed by atoms with Crippen molar-refractivity contribution in [3.63, 3.8) is 0 Å². The van der Waals surface area contributed by atoms with Crippen LogP contribution < -0.4 is 0 Å². The molecule has 0 fully saturated rings. The summed E-state index contributed by atoms with van der Waals surface area (Å²) in [5, 5.41) is 21.3. The number of rotatable bonds is 17. The van der Waals surface area contributed by atoms with E-state index in [4.69, 9.17) is 0 Å². The topological polar surface area (TPSA) is 80.4 Å². The maximum Gasteiger partial charge on any atom is 0.242 e. The van der Waals surface area contributed by atoms with E-state index in [1.165, 1.54) is 0 Å². The van der Waals surface area contributed by atoms with Gasteiger partial charge in [0.05, 0.1) is 0 Å². The number of nitrogens with zero attached hydrogens (tertiary/aromatic N) is 1. The van der Waals surface area contributed by atoms with Crippen molar-refractivity contribution in [2.75, 3.05) is 0 Å². The molecular formula is C22H34NO4. The largest absolute Gasteiger partial charge is 0.386 e. The number of allylic oxidation sites excluding steroid dienone is 6. The van der Waals surface area contributed by atoms with E-state index in [0.29, 0.717) is 6.42 Å². The Kier molecular flexibility index (Phi) is 17.4. The summed E-state index contributed by atoms with van der Waals surface area (Å²) < 4.78 is 0. The van der Waals surface area contributed by atoms with E-state index in [1.54, 1.807) is 6.08 Å².